The number of hydrogen-bond donors (Lipinski definition) is 1. The Kier molecular flexibility index (Phi) is 7.72. The highest BCUT2D eigenvalue weighted by Crippen LogP contribution is 2.42. The Morgan fingerprint density at radius 3 is 2.42 bits per heavy atom. The second kappa shape index (κ2) is 10.9. The third-order valence-electron chi connectivity index (χ3n) is 8.58. The number of hydrogen-bond acceptors (Lipinski definition) is 5. The van der Waals surface area contributed by atoms with E-state index in [0.717, 1.165) is 36.9 Å². The van der Waals surface area contributed by atoms with Crippen LogP contribution in [0.4, 0.5) is 32.3 Å². The molecule has 7 nitrogen and oxygen atoms in total. The first kappa shape index (κ1) is 28.2. The smallest absolute Gasteiger partial charge is 0.330 e. The Labute approximate surface area is 237 Å². The minimum Gasteiger partial charge on any atom is -0.414 e. The SMILES string of the molecule is CCc1ccc(N2Cc3cnc(Nc4ccc(F)cc4)nc3N([C@@H]3CC[C@@H](O[Si](C)(C)C(C)(C)C)C3)C2=O)cc1. The standard InChI is InChI=1S/C31H40FN5O2Si/c1-7-21-8-14-25(15-9-21)36-20-22-19-33-29(34-24-12-10-23(32)11-13-24)35-28(22)37(30(36)38)26-16-17-27(18-26)39-40(5,6)31(2,3)4/h8-15,19,26-27H,7,16-18,20H2,1-6H3,(H,33,34,35)/t26-,27-/m1/s1. The van der Waals surface area contributed by atoms with Crippen molar-refractivity contribution in [3.63, 3.8) is 0 Å². The van der Waals surface area contributed by atoms with Gasteiger partial charge < -0.3 is 9.74 Å². The highest BCUT2D eigenvalue weighted by molar-refractivity contribution is 6.74. The maximum Gasteiger partial charge on any atom is 0.330 e. The Balaban J connectivity index is 1.46. The monoisotopic (exact) mass is 561 g/mol. The lowest BCUT2D eigenvalue weighted by atomic mass is 10.1. The van der Waals surface area contributed by atoms with Crippen LogP contribution in [-0.2, 0) is 17.4 Å². The zero-order valence-corrected chi connectivity index (χ0v) is 25.4. The molecule has 40 heavy (non-hydrogen) atoms. The topological polar surface area (TPSA) is 70.6 Å². The van der Waals surface area contributed by atoms with Gasteiger partial charge in [-0.2, -0.15) is 4.98 Å². The van der Waals surface area contributed by atoms with Gasteiger partial charge in [0.05, 0.1) is 6.54 Å². The number of rotatable bonds is 7. The minimum absolute atomic E-state index is 0.0349. The molecular weight excluding hydrogens is 521 g/mol. The molecule has 1 aliphatic carbocycles. The number of aryl methyl sites for hydroxylation is 1. The molecule has 1 N–H and O–H groups in total. The summed E-state index contributed by atoms with van der Waals surface area (Å²) in [5.41, 5.74) is 3.65. The molecule has 1 fully saturated rings. The molecule has 0 bridgehead atoms. The number of carbonyl (C=O) groups is 1. The second-order valence-corrected chi connectivity index (χ2v) is 17.2. The van der Waals surface area contributed by atoms with Gasteiger partial charge in [0.2, 0.25) is 5.95 Å². The van der Waals surface area contributed by atoms with Crippen LogP contribution in [0.5, 0.6) is 0 Å². The van der Waals surface area contributed by atoms with E-state index in [1.807, 2.05) is 21.9 Å². The van der Waals surface area contributed by atoms with Gasteiger partial charge in [0.25, 0.3) is 0 Å². The van der Waals surface area contributed by atoms with Gasteiger partial charge in [-0.25, -0.2) is 14.2 Å². The third kappa shape index (κ3) is 5.76. The fraction of sp³-hybridized carbons (Fsp3) is 0.452. The van der Waals surface area contributed by atoms with Crippen molar-refractivity contribution in [3.8, 4) is 0 Å². The summed E-state index contributed by atoms with van der Waals surface area (Å²) in [5.74, 6) is 0.691. The molecule has 0 spiro atoms. The van der Waals surface area contributed by atoms with Crippen LogP contribution >= 0.6 is 0 Å². The Bertz CT molecular complexity index is 1360. The molecule has 0 radical (unpaired) electrons. The molecule has 2 aromatic carbocycles. The molecule has 0 saturated heterocycles. The van der Waals surface area contributed by atoms with Crippen molar-refractivity contribution in [1.29, 1.82) is 0 Å². The number of carbonyl (C=O) groups excluding carboxylic acids is 1. The van der Waals surface area contributed by atoms with E-state index >= 15 is 0 Å². The van der Waals surface area contributed by atoms with E-state index in [9.17, 15) is 9.18 Å². The molecule has 2 heterocycles. The summed E-state index contributed by atoms with van der Waals surface area (Å²) in [6.07, 6.45) is 5.37. The van der Waals surface area contributed by atoms with Crippen molar-refractivity contribution >= 4 is 37.5 Å². The van der Waals surface area contributed by atoms with Gasteiger partial charge in [0.15, 0.2) is 8.32 Å². The molecule has 2 amide bonds. The lowest BCUT2D eigenvalue weighted by Crippen LogP contribution is -2.52. The number of nitrogens with one attached hydrogen (secondary N) is 1. The number of urea groups is 1. The van der Waals surface area contributed by atoms with Crippen LogP contribution in [-0.4, -0.2) is 36.5 Å². The molecule has 2 atom stereocenters. The van der Waals surface area contributed by atoms with Gasteiger partial charge >= 0.3 is 6.03 Å². The average molecular weight is 562 g/mol. The Morgan fingerprint density at radius 1 is 1.07 bits per heavy atom. The fourth-order valence-corrected chi connectivity index (χ4v) is 6.59. The molecule has 2 aliphatic rings. The number of benzene rings is 2. The predicted molar refractivity (Wildman–Crippen MR) is 161 cm³/mol. The second-order valence-electron chi connectivity index (χ2n) is 12.4. The number of amides is 2. The van der Waals surface area contributed by atoms with Crippen molar-refractivity contribution in [3.05, 3.63) is 71.7 Å². The summed E-state index contributed by atoms with van der Waals surface area (Å²) in [4.78, 5) is 27.2. The van der Waals surface area contributed by atoms with Crippen molar-refractivity contribution in [1.82, 2.24) is 9.97 Å². The number of nitrogens with zero attached hydrogens (tertiary/aromatic N) is 4. The zero-order valence-electron chi connectivity index (χ0n) is 24.4. The first-order chi connectivity index (χ1) is 18.9. The average Bonchev–Trinajstić information content (AvgIpc) is 3.36. The van der Waals surface area contributed by atoms with Crippen LogP contribution in [0.15, 0.2) is 54.7 Å². The summed E-state index contributed by atoms with van der Waals surface area (Å²) < 4.78 is 20.2. The van der Waals surface area contributed by atoms with Gasteiger partial charge in [0, 0.05) is 35.3 Å². The van der Waals surface area contributed by atoms with Gasteiger partial charge in [-0.15, -0.1) is 0 Å². The van der Waals surface area contributed by atoms with Crippen LogP contribution in [0, 0.1) is 5.82 Å². The van der Waals surface area contributed by atoms with E-state index in [0.29, 0.717) is 24.0 Å². The molecule has 9 heteroatoms. The fourth-order valence-electron chi connectivity index (χ4n) is 5.19. The van der Waals surface area contributed by atoms with Crippen molar-refractivity contribution in [2.24, 2.45) is 0 Å². The van der Waals surface area contributed by atoms with Crippen molar-refractivity contribution < 1.29 is 13.6 Å². The van der Waals surface area contributed by atoms with Crippen LogP contribution in [0.25, 0.3) is 0 Å². The molecule has 1 aliphatic heterocycles. The lowest BCUT2D eigenvalue weighted by molar-refractivity contribution is 0.186. The van der Waals surface area contributed by atoms with Gasteiger partial charge in [-0.1, -0.05) is 39.8 Å². The Morgan fingerprint density at radius 2 is 1.77 bits per heavy atom. The van der Waals surface area contributed by atoms with Crippen molar-refractivity contribution in [2.75, 3.05) is 15.1 Å². The maximum atomic E-state index is 14.2. The quantitative estimate of drug-likeness (QED) is 0.298. The van der Waals surface area contributed by atoms with E-state index in [1.54, 1.807) is 18.3 Å². The summed E-state index contributed by atoms with van der Waals surface area (Å²) in [6.45, 7) is 13.8. The first-order valence-electron chi connectivity index (χ1n) is 14.2. The summed E-state index contributed by atoms with van der Waals surface area (Å²) in [5, 5.41) is 3.28. The van der Waals surface area contributed by atoms with Crippen LogP contribution in [0.1, 0.15) is 58.1 Å². The molecule has 0 unspecified atom stereocenters. The number of anilines is 4. The molecule has 1 aromatic heterocycles. The van der Waals surface area contributed by atoms with E-state index in [4.69, 9.17) is 9.41 Å². The van der Waals surface area contributed by atoms with Crippen LogP contribution in [0.2, 0.25) is 18.1 Å². The summed E-state index contributed by atoms with van der Waals surface area (Å²) >= 11 is 0. The van der Waals surface area contributed by atoms with Crippen LogP contribution < -0.4 is 15.1 Å². The number of aromatic nitrogens is 2. The first-order valence-corrected chi connectivity index (χ1v) is 17.1. The molecular formula is C31H40FN5O2Si. The highest BCUT2D eigenvalue weighted by atomic mass is 28.4. The van der Waals surface area contributed by atoms with Gasteiger partial charge in [-0.3, -0.25) is 9.80 Å². The van der Waals surface area contributed by atoms with Gasteiger partial charge in [-0.05, 0) is 85.8 Å². The maximum absolute atomic E-state index is 14.2. The van der Waals surface area contributed by atoms with E-state index in [1.165, 1.54) is 17.7 Å². The van der Waals surface area contributed by atoms with Crippen molar-refractivity contribution in [2.45, 2.75) is 90.2 Å². The normalized spacial score (nSPS) is 19.6. The lowest BCUT2D eigenvalue weighted by Gasteiger charge is -2.40. The summed E-state index contributed by atoms with van der Waals surface area (Å²) in [7, 11) is -1.95. The molecule has 212 valence electrons. The van der Waals surface area contributed by atoms with E-state index in [-0.39, 0.29) is 29.0 Å². The summed E-state index contributed by atoms with van der Waals surface area (Å²) in [6, 6.07) is 14.1. The molecule has 1 saturated carbocycles. The van der Waals surface area contributed by atoms with Crippen LogP contribution in [0.3, 0.4) is 0 Å². The largest absolute Gasteiger partial charge is 0.414 e. The Hall–Kier alpha value is -3.30. The molecule has 3 aromatic rings. The minimum atomic E-state index is -1.95. The predicted octanol–water partition coefficient (Wildman–Crippen LogP) is 7.81. The molecule has 5 rings (SSSR count). The number of fused-ring (bicyclic) bond motifs is 1. The third-order valence-corrected chi connectivity index (χ3v) is 13.1. The zero-order chi connectivity index (χ0) is 28.7. The number of halogens is 1. The van der Waals surface area contributed by atoms with E-state index in [2.05, 4.69) is 63.2 Å². The highest BCUT2D eigenvalue weighted by Gasteiger charge is 2.44. The van der Waals surface area contributed by atoms with E-state index < -0.39 is 8.32 Å². The van der Waals surface area contributed by atoms with Gasteiger partial charge in [0.1, 0.15) is 11.6 Å².